The normalized spacial score (nSPS) is 11.6. The van der Waals surface area contributed by atoms with Gasteiger partial charge in [-0.15, -0.1) is 0 Å². The number of hydrazine groups is 1. The fourth-order valence-corrected chi connectivity index (χ4v) is 3.89. The average Bonchev–Trinajstić information content (AvgIpc) is 2.85. The van der Waals surface area contributed by atoms with Gasteiger partial charge < -0.3 is 20.5 Å². The number of hydrogen-bond acceptors (Lipinski definition) is 6. The maximum Gasteiger partial charge on any atom is 0.251 e. The van der Waals surface area contributed by atoms with Crippen LogP contribution in [0.2, 0.25) is 5.02 Å². The second kappa shape index (κ2) is 10.4. The molecule has 4 N–H and O–H groups in total. The molecule has 0 aliphatic carbocycles. The number of anilines is 2. The molecule has 8 nitrogen and oxygen atoms in total. The minimum absolute atomic E-state index is 0.268. The van der Waals surface area contributed by atoms with E-state index in [0.29, 0.717) is 27.7 Å². The molecule has 1 aromatic heterocycles. The number of para-hydroxylation sites is 2. The molecule has 4 rings (SSSR count). The van der Waals surface area contributed by atoms with E-state index in [2.05, 4.69) is 21.2 Å². The molecule has 0 saturated carbocycles. The van der Waals surface area contributed by atoms with Gasteiger partial charge in [0.2, 0.25) is 5.56 Å². The van der Waals surface area contributed by atoms with Crippen molar-refractivity contribution in [3.63, 3.8) is 0 Å². The molecule has 4 aromatic rings. The number of amides is 1. The first-order valence-electron chi connectivity index (χ1n) is 10.7. The molecule has 0 spiro atoms. The number of hydrogen-bond donors (Lipinski definition) is 4. The van der Waals surface area contributed by atoms with Crippen LogP contribution >= 0.6 is 11.6 Å². The van der Waals surface area contributed by atoms with E-state index in [-0.39, 0.29) is 5.56 Å². The summed E-state index contributed by atoms with van der Waals surface area (Å²) >= 11 is 6.52. The van der Waals surface area contributed by atoms with Gasteiger partial charge in [-0.1, -0.05) is 54.1 Å². The van der Waals surface area contributed by atoms with Crippen molar-refractivity contribution in [1.29, 1.82) is 0 Å². The van der Waals surface area contributed by atoms with Gasteiger partial charge in [0.25, 0.3) is 5.91 Å². The second-order valence-corrected chi connectivity index (χ2v) is 8.20. The van der Waals surface area contributed by atoms with Crippen molar-refractivity contribution in [3.8, 4) is 16.9 Å². The van der Waals surface area contributed by atoms with Gasteiger partial charge in [0, 0.05) is 11.5 Å². The lowest BCUT2D eigenvalue weighted by Crippen LogP contribution is -2.48. The molecule has 1 atom stereocenters. The number of nitrogens with one attached hydrogen (secondary N) is 4. The molecule has 1 amide bonds. The minimum Gasteiger partial charge on any atom is -0.495 e. The van der Waals surface area contributed by atoms with E-state index >= 15 is 0 Å². The van der Waals surface area contributed by atoms with Gasteiger partial charge in [-0.3, -0.25) is 14.4 Å². The van der Waals surface area contributed by atoms with Gasteiger partial charge in [-0.05, 0) is 42.3 Å². The van der Waals surface area contributed by atoms with Crippen LogP contribution in [0.3, 0.4) is 0 Å². The van der Waals surface area contributed by atoms with Gasteiger partial charge in [-0.25, -0.2) is 5.43 Å². The number of aromatic nitrogens is 1. The van der Waals surface area contributed by atoms with E-state index in [0.717, 1.165) is 16.5 Å². The SMILES string of the molecule is COc1ccccc1NC(=O)C(NNc1cc2[nH]c(=O)cc(-c3ccccc3)c2cc1Cl)C(C)=O. The zero-order chi connectivity index (χ0) is 24.9. The summed E-state index contributed by atoms with van der Waals surface area (Å²) in [5.41, 5.74) is 8.29. The van der Waals surface area contributed by atoms with Crippen LogP contribution in [0, 0.1) is 0 Å². The Labute approximate surface area is 206 Å². The maximum atomic E-state index is 12.8. The fourth-order valence-electron chi connectivity index (χ4n) is 3.68. The Balaban J connectivity index is 1.59. The number of ether oxygens (including phenoxy) is 1. The molecule has 0 fully saturated rings. The van der Waals surface area contributed by atoms with Crippen molar-refractivity contribution in [2.75, 3.05) is 17.9 Å². The molecule has 178 valence electrons. The molecule has 3 aromatic carbocycles. The summed E-state index contributed by atoms with van der Waals surface area (Å²) in [6, 6.07) is 20.0. The van der Waals surface area contributed by atoms with Crippen LogP contribution in [0.1, 0.15) is 6.92 Å². The van der Waals surface area contributed by atoms with Crippen LogP contribution in [0.15, 0.2) is 77.6 Å². The summed E-state index contributed by atoms with van der Waals surface area (Å²) in [5.74, 6) is -0.528. The highest BCUT2D eigenvalue weighted by molar-refractivity contribution is 6.34. The number of halogens is 1. The van der Waals surface area contributed by atoms with Gasteiger partial charge in [0.05, 0.1) is 29.0 Å². The highest BCUT2D eigenvalue weighted by Crippen LogP contribution is 2.32. The lowest BCUT2D eigenvalue weighted by Gasteiger charge is -2.19. The quantitative estimate of drug-likeness (QED) is 0.215. The molecule has 0 saturated heterocycles. The average molecular weight is 491 g/mol. The molecule has 0 aliphatic rings. The second-order valence-electron chi connectivity index (χ2n) is 7.79. The van der Waals surface area contributed by atoms with Crippen molar-refractivity contribution < 1.29 is 14.3 Å². The third-order valence-electron chi connectivity index (χ3n) is 5.40. The van der Waals surface area contributed by atoms with E-state index in [1.165, 1.54) is 20.1 Å². The van der Waals surface area contributed by atoms with Crippen LogP contribution in [0.4, 0.5) is 11.4 Å². The number of rotatable bonds is 8. The summed E-state index contributed by atoms with van der Waals surface area (Å²) in [6.45, 7) is 1.30. The Morgan fingerprint density at radius 3 is 2.40 bits per heavy atom. The predicted molar refractivity (Wildman–Crippen MR) is 138 cm³/mol. The summed E-state index contributed by atoms with van der Waals surface area (Å²) in [5, 5.41) is 3.78. The highest BCUT2D eigenvalue weighted by Gasteiger charge is 2.24. The Morgan fingerprint density at radius 1 is 0.971 bits per heavy atom. The molecule has 35 heavy (non-hydrogen) atoms. The number of fused-ring (bicyclic) bond motifs is 1. The number of aromatic amines is 1. The molecule has 0 aliphatic heterocycles. The van der Waals surface area contributed by atoms with E-state index in [1.807, 2.05) is 30.3 Å². The van der Waals surface area contributed by atoms with Crippen LogP contribution < -0.4 is 26.5 Å². The highest BCUT2D eigenvalue weighted by atomic mass is 35.5. The molecule has 1 heterocycles. The van der Waals surface area contributed by atoms with Crippen LogP contribution in [-0.4, -0.2) is 29.8 Å². The van der Waals surface area contributed by atoms with Crippen LogP contribution in [0.5, 0.6) is 5.75 Å². The number of Topliss-reactive ketones (excluding diaryl/α,β-unsaturated/α-hetero) is 1. The summed E-state index contributed by atoms with van der Waals surface area (Å²) in [6.07, 6.45) is 0. The van der Waals surface area contributed by atoms with E-state index in [1.54, 1.807) is 36.4 Å². The van der Waals surface area contributed by atoms with Crippen LogP contribution in [-0.2, 0) is 9.59 Å². The number of pyridine rings is 1. The molecule has 9 heteroatoms. The van der Waals surface area contributed by atoms with Crippen molar-refractivity contribution in [2.45, 2.75) is 13.0 Å². The number of carbonyl (C=O) groups is 2. The Kier molecular flexibility index (Phi) is 7.14. The van der Waals surface area contributed by atoms with Gasteiger partial charge >= 0.3 is 0 Å². The Bertz CT molecular complexity index is 1450. The first kappa shape index (κ1) is 24.0. The molecule has 0 bridgehead atoms. The van der Waals surface area contributed by atoms with Gasteiger partial charge in [-0.2, -0.15) is 0 Å². The van der Waals surface area contributed by atoms with Crippen LogP contribution in [0.25, 0.3) is 22.0 Å². The molecule has 1 unspecified atom stereocenters. The monoisotopic (exact) mass is 490 g/mol. The van der Waals surface area contributed by atoms with Crippen molar-refractivity contribution in [1.82, 2.24) is 10.4 Å². The number of carbonyl (C=O) groups excluding carboxylic acids is 2. The lowest BCUT2D eigenvalue weighted by molar-refractivity contribution is -0.127. The third-order valence-corrected chi connectivity index (χ3v) is 5.71. The first-order valence-corrected chi connectivity index (χ1v) is 11.1. The summed E-state index contributed by atoms with van der Waals surface area (Å²) < 4.78 is 5.24. The van der Waals surface area contributed by atoms with Gasteiger partial charge in [0.1, 0.15) is 5.75 Å². The number of ketones is 1. The lowest BCUT2D eigenvalue weighted by atomic mass is 10.0. The van der Waals surface area contributed by atoms with E-state index in [9.17, 15) is 14.4 Å². The Morgan fingerprint density at radius 2 is 1.69 bits per heavy atom. The smallest absolute Gasteiger partial charge is 0.251 e. The Hall–Kier alpha value is -4.14. The number of H-pyrrole nitrogens is 1. The van der Waals surface area contributed by atoms with E-state index < -0.39 is 17.7 Å². The number of benzene rings is 3. The predicted octanol–water partition coefficient (Wildman–Crippen LogP) is 4.37. The largest absolute Gasteiger partial charge is 0.495 e. The fraction of sp³-hybridized carbons (Fsp3) is 0.115. The molecule has 0 radical (unpaired) electrons. The standard InChI is InChI=1S/C26H23ClN4O4/c1-15(32)25(26(34)29-20-10-6-7-11-23(20)35-2)31-30-22-14-21-18(12-19(22)27)17(13-24(33)28-21)16-8-4-3-5-9-16/h3-14,25,30-31H,1-2H3,(H,28,33)(H,29,34). The van der Waals surface area contributed by atoms with E-state index in [4.69, 9.17) is 16.3 Å². The molecular weight excluding hydrogens is 468 g/mol. The maximum absolute atomic E-state index is 12.8. The first-order chi connectivity index (χ1) is 16.9. The molecular formula is C26H23ClN4O4. The van der Waals surface area contributed by atoms with Crippen molar-refractivity contribution in [2.24, 2.45) is 0 Å². The number of methoxy groups -OCH3 is 1. The third kappa shape index (κ3) is 5.34. The summed E-state index contributed by atoms with van der Waals surface area (Å²) in [4.78, 5) is 40.2. The van der Waals surface area contributed by atoms with Gasteiger partial charge in [0.15, 0.2) is 11.8 Å². The minimum atomic E-state index is -1.22. The van der Waals surface area contributed by atoms with Crippen molar-refractivity contribution in [3.05, 3.63) is 88.2 Å². The zero-order valence-electron chi connectivity index (χ0n) is 19.0. The topological polar surface area (TPSA) is 112 Å². The summed E-state index contributed by atoms with van der Waals surface area (Å²) in [7, 11) is 1.49. The van der Waals surface area contributed by atoms with Crippen molar-refractivity contribution >= 4 is 45.6 Å². The zero-order valence-corrected chi connectivity index (χ0v) is 19.8.